The van der Waals surface area contributed by atoms with E-state index in [0.717, 1.165) is 31.7 Å². The van der Waals surface area contributed by atoms with Crippen molar-refractivity contribution in [3.63, 3.8) is 0 Å². The average Bonchev–Trinajstić information content (AvgIpc) is 2.47. The Hall–Kier alpha value is -1.19. The molecule has 1 heterocycles. The Morgan fingerprint density at radius 3 is 2.20 bits per heavy atom. The van der Waals surface area contributed by atoms with Crippen molar-refractivity contribution in [1.82, 2.24) is 10.2 Å². The van der Waals surface area contributed by atoms with Crippen molar-refractivity contribution in [2.45, 2.75) is 39.2 Å². The molecule has 1 aromatic rings. The molecule has 20 heavy (non-hydrogen) atoms. The first-order valence-electron chi connectivity index (χ1n) is 7.53. The molecule has 1 fully saturated rings. The Morgan fingerprint density at radius 1 is 1.15 bits per heavy atom. The molecule has 1 N–H and O–H groups in total. The fourth-order valence-electron chi connectivity index (χ4n) is 2.74. The SMILES string of the molecule is CC(C)c1ccc(C(=O)C(C)(C)N2CCNCC2)cc1. The van der Waals surface area contributed by atoms with Gasteiger partial charge < -0.3 is 5.32 Å². The summed E-state index contributed by atoms with van der Waals surface area (Å²) in [5, 5.41) is 3.33. The zero-order chi connectivity index (χ0) is 14.8. The summed E-state index contributed by atoms with van der Waals surface area (Å²) in [6, 6.07) is 8.10. The summed E-state index contributed by atoms with van der Waals surface area (Å²) >= 11 is 0. The first kappa shape index (κ1) is 15.2. The van der Waals surface area contributed by atoms with Crippen LogP contribution in [0.15, 0.2) is 24.3 Å². The maximum absolute atomic E-state index is 12.8. The van der Waals surface area contributed by atoms with Crippen LogP contribution in [0.1, 0.15) is 49.5 Å². The number of hydrogen-bond acceptors (Lipinski definition) is 3. The highest BCUT2D eigenvalue weighted by atomic mass is 16.1. The summed E-state index contributed by atoms with van der Waals surface area (Å²) in [7, 11) is 0. The molecular formula is C17H26N2O. The van der Waals surface area contributed by atoms with Crippen LogP contribution in [-0.2, 0) is 0 Å². The van der Waals surface area contributed by atoms with Gasteiger partial charge in [0.2, 0.25) is 0 Å². The second kappa shape index (κ2) is 6.06. The van der Waals surface area contributed by atoms with Crippen molar-refractivity contribution in [1.29, 1.82) is 0 Å². The Morgan fingerprint density at radius 2 is 1.70 bits per heavy atom. The van der Waals surface area contributed by atoms with Gasteiger partial charge in [-0.25, -0.2) is 0 Å². The molecule has 1 aliphatic rings. The van der Waals surface area contributed by atoms with Gasteiger partial charge in [0.15, 0.2) is 5.78 Å². The zero-order valence-corrected chi connectivity index (χ0v) is 13.1. The number of piperazine rings is 1. The van der Waals surface area contributed by atoms with E-state index in [9.17, 15) is 4.79 Å². The second-order valence-corrected chi connectivity index (χ2v) is 6.40. The zero-order valence-electron chi connectivity index (χ0n) is 13.1. The largest absolute Gasteiger partial charge is 0.314 e. The number of nitrogens with one attached hydrogen (secondary N) is 1. The van der Waals surface area contributed by atoms with Gasteiger partial charge in [0.05, 0.1) is 5.54 Å². The fourth-order valence-corrected chi connectivity index (χ4v) is 2.74. The molecular weight excluding hydrogens is 248 g/mol. The van der Waals surface area contributed by atoms with E-state index in [1.807, 2.05) is 26.0 Å². The second-order valence-electron chi connectivity index (χ2n) is 6.40. The van der Waals surface area contributed by atoms with Crippen LogP contribution in [0, 0.1) is 0 Å². The van der Waals surface area contributed by atoms with Gasteiger partial charge in [0, 0.05) is 31.7 Å². The van der Waals surface area contributed by atoms with Crippen LogP contribution in [0.5, 0.6) is 0 Å². The van der Waals surface area contributed by atoms with Crippen LogP contribution in [0.25, 0.3) is 0 Å². The minimum Gasteiger partial charge on any atom is -0.314 e. The van der Waals surface area contributed by atoms with Crippen LogP contribution in [0.4, 0.5) is 0 Å². The fraction of sp³-hybridized carbons (Fsp3) is 0.588. The van der Waals surface area contributed by atoms with Gasteiger partial charge in [0.1, 0.15) is 0 Å². The molecule has 3 heteroatoms. The monoisotopic (exact) mass is 274 g/mol. The molecule has 0 bridgehead atoms. The molecule has 2 rings (SSSR count). The molecule has 0 unspecified atom stereocenters. The minimum absolute atomic E-state index is 0.217. The summed E-state index contributed by atoms with van der Waals surface area (Å²) in [5.74, 6) is 0.718. The number of hydrogen-bond donors (Lipinski definition) is 1. The number of rotatable bonds is 4. The molecule has 0 radical (unpaired) electrons. The van der Waals surface area contributed by atoms with Crippen molar-refractivity contribution in [2.24, 2.45) is 0 Å². The molecule has 1 aliphatic heterocycles. The smallest absolute Gasteiger partial charge is 0.182 e. The van der Waals surface area contributed by atoms with Gasteiger partial charge >= 0.3 is 0 Å². The molecule has 110 valence electrons. The number of carbonyl (C=O) groups is 1. The average molecular weight is 274 g/mol. The first-order valence-corrected chi connectivity index (χ1v) is 7.53. The predicted octanol–water partition coefficient (Wildman–Crippen LogP) is 2.68. The quantitative estimate of drug-likeness (QED) is 0.857. The minimum atomic E-state index is -0.429. The Balaban J connectivity index is 2.16. The number of Topliss-reactive ketones (excluding diaryl/α,β-unsaturated/α-hetero) is 1. The molecule has 0 amide bonds. The molecule has 1 saturated heterocycles. The van der Waals surface area contributed by atoms with Crippen molar-refractivity contribution in [2.75, 3.05) is 26.2 Å². The maximum atomic E-state index is 12.8. The van der Waals surface area contributed by atoms with E-state index < -0.39 is 5.54 Å². The molecule has 0 atom stereocenters. The lowest BCUT2D eigenvalue weighted by atomic mass is 9.89. The summed E-state index contributed by atoms with van der Waals surface area (Å²) in [6.45, 7) is 12.2. The van der Waals surface area contributed by atoms with E-state index in [1.165, 1.54) is 5.56 Å². The van der Waals surface area contributed by atoms with E-state index in [1.54, 1.807) is 0 Å². The molecule has 0 saturated carbocycles. The summed E-state index contributed by atoms with van der Waals surface area (Å²) < 4.78 is 0. The third-order valence-electron chi connectivity index (χ3n) is 4.30. The van der Waals surface area contributed by atoms with Gasteiger partial charge in [-0.3, -0.25) is 9.69 Å². The lowest BCUT2D eigenvalue weighted by molar-refractivity contribution is 0.0602. The first-order chi connectivity index (χ1) is 9.43. The van der Waals surface area contributed by atoms with E-state index in [-0.39, 0.29) is 5.78 Å². The number of ketones is 1. The molecule has 0 aromatic heterocycles. The van der Waals surface area contributed by atoms with Crippen LogP contribution in [-0.4, -0.2) is 42.4 Å². The predicted molar refractivity (Wildman–Crippen MR) is 83.4 cm³/mol. The van der Waals surface area contributed by atoms with Gasteiger partial charge in [-0.15, -0.1) is 0 Å². The van der Waals surface area contributed by atoms with Crippen molar-refractivity contribution in [3.05, 3.63) is 35.4 Å². The Labute approximate surface area is 122 Å². The van der Waals surface area contributed by atoms with Gasteiger partial charge in [-0.1, -0.05) is 38.1 Å². The third kappa shape index (κ3) is 3.10. The Bertz CT molecular complexity index is 456. The topological polar surface area (TPSA) is 32.3 Å². The van der Waals surface area contributed by atoms with E-state index in [4.69, 9.17) is 0 Å². The normalized spacial score (nSPS) is 17.4. The van der Waals surface area contributed by atoms with Crippen molar-refractivity contribution >= 4 is 5.78 Å². The molecule has 0 spiro atoms. The summed E-state index contributed by atoms with van der Waals surface area (Å²) in [6.07, 6.45) is 0. The molecule has 0 aliphatic carbocycles. The van der Waals surface area contributed by atoms with E-state index in [2.05, 4.69) is 36.2 Å². The van der Waals surface area contributed by atoms with Gasteiger partial charge in [-0.2, -0.15) is 0 Å². The van der Waals surface area contributed by atoms with Crippen LogP contribution >= 0.6 is 0 Å². The lowest BCUT2D eigenvalue weighted by Crippen LogP contribution is -2.57. The summed E-state index contributed by atoms with van der Waals surface area (Å²) in [5.41, 5.74) is 1.67. The van der Waals surface area contributed by atoms with Crippen LogP contribution < -0.4 is 5.32 Å². The van der Waals surface area contributed by atoms with Crippen molar-refractivity contribution < 1.29 is 4.79 Å². The van der Waals surface area contributed by atoms with E-state index in [0.29, 0.717) is 5.92 Å². The van der Waals surface area contributed by atoms with Gasteiger partial charge in [-0.05, 0) is 25.3 Å². The van der Waals surface area contributed by atoms with Crippen LogP contribution in [0.3, 0.4) is 0 Å². The maximum Gasteiger partial charge on any atom is 0.182 e. The Kier molecular flexibility index (Phi) is 4.61. The number of nitrogens with zero attached hydrogens (tertiary/aromatic N) is 1. The number of benzene rings is 1. The van der Waals surface area contributed by atoms with E-state index >= 15 is 0 Å². The third-order valence-corrected chi connectivity index (χ3v) is 4.30. The van der Waals surface area contributed by atoms with Gasteiger partial charge in [0.25, 0.3) is 0 Å². The molecule has 3 nitrogen and oxygen atoms in total. The highest BCUT2D eigenvalue weighted by Crippen LogP contribution is 2.22. The standard InChI is InChI=1S/C17H26N2O/c1-13(2)14-5-7-15(8-6-14)16(20)17(3,4)19-11-9-18-10-12-19/h5-8,13,18H,9-12H2,1-4H3. The van der Waals surface area contributed by atoms with Crippen LogP contribution in [0.2, 0.25) is 0 Å². The number of carbonyl (C=O) groups excluding carboxylic acids is 1. The van der Waals surface area contributed by atoms with Crippen molar-refractivity contribution in [3.8, 4) is 0 Å². The molecule has 1 aromatic carbocycles. The highest BCUT2D eigenvalue weighted by Gasteiger charge is 2.35. The summed E-state index contributed by atoms with van der Waals surface area (Å²) in [4.78, 5) is 15.1. The lowest BCUT2D eigenvalue weighted by Gasteiger charge is -2.40. The highest BCUT2D eigenvalue weighted by molar-refractivity contribution is 6.02.